The number of carboxylic acids is 1. The van der Waals surface area contributed by atoms with Crippen LogP contribution in [0, 0.1) is 5.92 Å². The van der Waals surface area contributed by atoms with E-state index in [1.807, 2.05) is 6.07 Å². The molecule has 1 aromatic carbocycles. The molecule has 2 fully saturated rings. The van der Waals surface area contributed by atoms with Crippen molar-refractivity contribution in [1.29, 1.82) is 0 Å². The number of carboxylic acid groups (broad SMARTS) is 1. The Hall–Kier alpha value is -1.35. The van der Waals surface area contributed by atoms with Gasteiger partial charge in [-0.05, 0) is 37.2 Å². The molecule has 1 N–H and O–H groups in total. The summed E-state index contributed by atoms with van der Waals surface area (Å²) in [5.74, 6) is -0.0203. The van der Waals surface area contributed by atoms with Crippen LogP contribution in [0.2, 0.25) is 0 Å². The van der Waals surface area contributed by atoms with Crippen LogP contribution in [-0.4, -0.2) is 34.6 Å². The first-order valence-corrected chi connectivity index (χ1v) is 7.78. The molecule has 1 aromatic rings. The van der Waals surface area contributed by atoms with E-state index in [-0.39, 0.29) is 6.04 Å². The topological polar surface area (TPSA) is 40.5 Å². The molecule has 1 aliphatic heterocycles. The third kappa shape index (κ3) is 2.73. The Labute approximate surface area is 120 Å². The van der Waals surface area contributed by atoms with E-state index in [4.69, 9.17) is 0 Å². The molecule has 1 aliphatic carbocycles. The summed E-state index contributed by atoms with van der Waals surface area (Å²) >= 11 is 0. The summed E-state index contributed by atoms with van der Waals surface area (Å²) in [6.07, 6.45) is 6.75. The zero-order chi connectivity index (χ0) is 13.9. The molecule has 1 saturated carbocycles. The summed E-state index contributed by atoms with van der Waals surface area (Å²) in [6.45, 7) is 0.877. The molecule has 0 bridgehead atoms. The maximum absolute atomic E-state index is 11.5. The Morgan fingerprint density at radius 3 is 2.70 bits per heavy atom. The first-order valence-electron chi connectivity index (χ1n) is 7.78. The summed E-state index contributed by atoms with van der Waals surface area (Å²) in [4.78, 5) is 13.8. The van der Waals surface area contributed by atoms with Crippen LogP contribution >= 0.6 is 0 Å². The molecule has 108 valence electrons. The minimum atomic E-state index is -0.632. The molecule has 20 heavy (non-hydrogen) atoms. The van der Waals surface area contributed by atoms with E-state index in [1.165, 1.54) is 31.2 Å². The van der Waals surface area contributed by atoms with Crippen LogP contribution in [-0.2, 0) is 11.2 Å². The molecule has 0 radical (unpaired) electrons. The zero-order valence-electron chi connectivity index (χ0n) is 11.9. The van der Waals surface area contributed by atoms with Crippen molar-refractivity contribution in [3.8, 4) is 0 Å². The number of aliphatic carboxylic acids is 1. The molecular weight excluding hydrogens is 250 g/mol. The van der Waals surface area contributed by atoms with Gasteiger partial charge in [0, 0.05) is 12.6 Å². The third-order valence-corrected chi connectivity index (χ3v) is 5.01. The first-order chi connectivity index (χ1) is 9.75. The summed E-state index contributed by atoms with van der Waals surface area (Å²) in [7, 11) is 0. The Bertz CT molecular complexity index is 459. The summed E-state index contributed by atoms with van der Waals surface area (Å²) in [5.41, 5.74) is 1.30. The summed E-state index contributed by atoms with van der Waals surface area (Å²) < 4.78 is 0. The molecule has 1 heterocycles. The largest absolute Gasteiger partial charge is 0.480 e. The van der Waals surface area contributed by atoms with E-state index < -0.39 is 5.97 Å². The van der Waals surface area contributed by atoms with Gasteiger partial charge in [-0.2, -0.15) is 0 Å². The maximum Gasteiger partial charge on any atom is 0.320 e. The van der Waals surface area contributed by atoms with Gasteiger partial charge in [0.15, 0.2) is 0 Å². The molecule has 3 nitrogen and oxygen atoms in total. The van der Waals surface area contributed by atoms with Crippen molar-refractivity contribution < 1.29 is 9.90 Å². The lowest BCUT2D eigenvalue weighted by Crippen LogP contribution is -2.43. The van der Waals surface area contributed by atoms with Crippen molar-refractivity contribution >= 4 is 5.97 Å². The smallest absolute Gasteiger partial charge is 0.320 e. The molecule has 1 saturated heterocycles. The fourth-order valence-electron chi connectivity index (χ4n) is 4.02. The number of fused-ring (bicyclic) bond motifs is 1. The standard InChI is InChI=1S/C17H23NO2/c19-17(20)16-12-14-8-4-5-9-15(14)18(16)11-10-13-6-2-1-3-7-13/h1-3,6-7,14-16H,4-5,8-12H2,(H,19,20)/t14-,15-,16-/m0/s1. The van der Waals surface area contributed by atoms with E-state index in [2.05, 4.69) is 29.2 Å². The summed E-state index contributed by atoms with van der Waals surface area (Å²) in [5, 5.41) is 9.49. The SMILES string of the molecule is O=C(O)[C@@H]1C[C@@H]2CCCC[C@@H]2N1CCc1ccccc1. The average molecular weight is 273 g/mol. The molecule has 3 heteroatoms. The lowest BCUT2D eigenvalue weighted by atomic mass is 9.84. The lowest BCUT2D eigenvalue weighted by molar-refractivity contribution is -0.142. The van der Waals surface area contributed by atoms with E-state index in [1.54, 1.807) is 0 Å². The fourth-order valence-corrected chi connectivity index (χ4v) is 4.02. The predicted octanol–water partition coefficient (Wildman–Crippen LogP) is 2.95. The van der Waals surface area contributed by atoms with E-state index in [0.29, 0.717) is 12.0 Å². The second kappa shape index (κ2) is 5.96. The van der Waals surface area contributed by atoms with E-state index in [0.717, 1.165) is 19.4 Å². The monoisotopic (exact) mass is 273 g/mol. The van der Waals surface area contributed by atoms with Gasteiger partial charge in [0.05, 0.1) is 0 Å². The molecular formula is C17H23NO2. The van der Waals surface area contributed by atoms with Crippen molar-refractivity contribution in [3.05, 3.63) is 35.9 Å². The predicted molar refractivity (Wildman–Crippen MR) is 78.6 cm³/mol. The molecule has 0 aromatic heterocycles. The van der Waals surface area contributed by atoms with Crippen molar-refractivity contribution in [1.82, 2.24) is 4.90 Å². The van der Waals surface area contributed by atoms with Crippen LogP contribution in [0.1, 0.15) is 37.7 Å². The molecule has 0 unspecified atom stereocenters. The Balaban J connectivity index is 1.69. The molecule has 3 atom stereocenters. The highest BCUT2D eigenvalue weighted by molar-refractivity contribution is 5.74. The third-order valence-electron chi connectivity index (χ3n) is 5.01. The number of nitrogens with zero attached hydrogens (tertiary/aromatic N) is 1. The van der Waals surface area contributed by atoms with Crippen molar-refractivity contribution in [2.75, 3.05) is 6.54 Å². The fraction of sp³-hybridized carbons (Fsp3) is 0.588. The highest BCUT2D eigenvalue weighted by Gasteiger charge is 2.44. The van der Waals surface area contributed by atoms with Gasteiger partial charge in [-0.15, -0.1) is 0 Å². The van der Waals surface area contributed by atoms with E-state index in [9.17, 15) is 9.90 Å². The Kier molecular flexibility index (Phi) is 4.06. The van der Waals surface area contributed by atoms with Crippen LogP contribution in [0.15, 0.2) is 30.3 Å². The zero-order valence-corrected chi connectivity index (χ0v) is 11.9. The minimum absolute atomic E-state index is 0.258. The van der Waals surface area contributed by atoms with Crippen LogP contribution in [0.5, 0.6) is 0 Å². The number of benzene rings is 1. The van der Waals surface area contributed by atoms with Crippen molar-refractivity contribution in [2.24, 2.45) is 5.92 Å². The number of likely N-dealkylation sites (tertiary alicyclic amines) is 1. The van der Waals surface area contributed by atoms with Crippen LogP contribution in [0.25, 0.3) is 0 Å². The van der Waals surface area contributed by atoms with Crippen LogP contribution < -0.4 is 0 Å². The van der Waals surface area contributed by atoms with Crippen molar-refractivity contribution in [3.63, 3.8) is 0 Å². The van der Waals surface area contributed by atoms with Crippen molar-refractivity contribution in [2.45, 2.75) is 50.6 Å². The number of rotatable bonds is 4. The molecule has 0 spiro atoms. The first kappa shape index (κ1) is 13.6. The maximum atomic E-state index is 11.5. The normalized spacial score (nSPS) is 30.1. The molecule has 2 aliphatic rings. The van der Waals surface area contributed by atoms with Crippen LogP contribution in [0.3, 0.4) is 0 Å². The van der Waals surface area contributed by atoms with Gasteiger partial charge in [-0.3, -0.25) is 9.69 Å². The number of hydrogen-bond acceptors (Lipinski definition) is 2. The van der Waals surface area contributed by atoms with Gasteiger partial charge in [0.25, 0.3) is 0 Å². The highest BCUT2D eigenvalue weighted by Crippen LogP contribution is 2.39. The quantitative estimate of drug-likeness (QED) is 0.917. The lowest BCUT2D eigenvalue weighted by Gasteiger charge is -2.33. The van der Waals surface area contributed by atoms with Gasteiger partial charge in [-0.1, -0.05) is 43.2 Å². The number of hydrogen-bond donors (Lipinski definition) is 1. The second-order valence-electron chi connectivity index (χ2n) is 6.18. The van der Waals surface area contributed by atoms with Gasteiger partial charge in [-0.25, -0.2) is 0 Å². The van der Waals surface area contributed by atoms with Gasteiger partial charge in [0.2, 0.25) is 0 Å². The average Bonchev–Trinajstić information content (AvgIpc) is 2.85. The Morgan fingerprint density at radius 1 is 1.20 bits per heavy atom. The molecule has 0 amide bonds. The van der Waals surface area contributed by atoms with Gasteiger partial charge >= 0.3 is 5.97 Å². The highest BCUT2D eigenvalue weighted by atomic mass is 16.4. The second-order valence-corrected chi connectivity index (χ2v) is 6.18. The van der Waals surface area contributed by atoms with Crippen LogP contribution in [0.4, 0.5) is 0 Å². The number of carbonyl (C=O) groups is 1. The summed E-state index contributed by atoms with van der Waals surface area (Å²) in [6, 6.07) is 10.6. The minimum Gasteiger partial charge on any atom is -0.480 e. The molecule has 3 rings (SSSR count). The van der Waals surface area contributed by atoms with Gasteiger partial charge in [0.1, 0.15) is 6.04 Å². The Morgan fingerprint density at radius 2 is 1.95 bits per heavy atom. The van der Waals surface area contributed by atoms with Gasteiger partial charge < -0.3 is 5.11 Å². The van der Waals surface area contributed by atoms with E-state index >= 15 is 0 Å².